The highest BCUT2D eigenvalue weighted by molar-refractivity contribution is 9.11. The molecule has 0 aromatic carbocycles. The third kappa shape index (κ3) is 2.65. The first kappa shape index (κ1) is 13.7. The van der Waals surface area contributed by atoms with E-state index in [1.54, 1.807) is 12.4 Å². The molecule has 0 spiro atoms. The Labute approximate surface area is 123 Å². The van der Waals surface area contributed by atoms with E-state index >= 15 is 0 Å². The molecule has 96 valence electrons. The molecule has 2 heterocycles. The molecule has 0 saturated carbocycles. The molecule has 0 aliphatic carbocycles. The van der Waals surface area contributed by atoms with Crippen LogP contribution in [0.5, 0.6) is 0 Å². The molecule has 0 aliphatic rings. The number of nitrogens with two attached hydrogens (primary N) is 1. The molecule has 0 amide bonds. The Balaban J connectivity index is 2.41. The van der Waals surface area contributed by atoms with Gasteiger partial charge in [0.05, 0.1) is 17.4 Å². The lowest BCUT2D eigenvalue weighted by molar-refractivity contribution is 0.497. The molecule has 0 aliphatic heterocycles. The standard InChI is InChI=1S/C12H14Br2N4/c1-7(2)18-10(3-4-17-18)11(15)12-9(14)5-8(13)6-16-12/h3-7,11H,15H2,1-2H3. The van der Waals surface area contributed by atoms with E-state index < -0.39 is 0 Å². The third-order valence-electron chi connectivity index (χ3n) is 2.64. The van der Waals surface area contributed by atoms with Crippen molar-refractivity contribution < 1.29 is 0 Å². The average molecular weight is 374 g/mol. The lowest BCUT2D eigenvalue weighted by Gasteiger charge is -2.17. The van der Waals surface area contributed by atoms with Crippen molar-refractivity contribution in [3.63, 3.8) is 0 Å². The van der Waals surface area contributed by atoms with Gasteiger partial charge in [0, 0.05) is 27.4 Å². The minimum Gasteiger partial charge on any atom is -0.318 e. The Morgan fingerprint density at radius 1 is 1.33 bits per heavy atom. The van der Waals surface area contributed by atoms with Gasteiger partial charge in [0.2, 0.25) is 0 Å². The summed E-state index contributed by atoms with van der Waals surface area (Å²) in [6.07, 6.45) is 3.51. The molecule has 1 unspecified atom stereocenters. The van der Waals surface area contributed by atoms with Crippen LogP contribution in [0.25, 0.3) is 0 Å². The number of nitrogens with zero attached hydrogens (tertiary/aromatic N) is 3. The van der Waals surface area contributed by atoms with Gasteiger partial charge in [-0.3, -0.25) is 9.67 Å². The quantitative estimate of drug-likeness (QED) is 0.896. The van der Waals surface area contributed by atoms with Gasteiger partial charge in [0.15, 0.2) is 0 Å². The van der Waals surface area contributed by atoms with Crippen LogP contribution in [0, 0.1) is 0 Å². The second kappa shape index (κ2) is 5.50. The van der Waals surface area contributed by atoms with Crippen LogP contribution in [0.4, 0.5) is 0 Å². The summed E-state index contributed by atoms with van der Waals surface area (Å²) in [5, 5.41) is 4.29. The van der Waals surface area contributed by atoms with Crippen molar-refractivity contribution in [2.75, 3.05) is 0 Å². The molecule has 1 atom stereocenters. The van der Waals surface area contributed by atoms with Gasteiger partial charge in [0.25, 0.3) is 0 Å². The first-order chi connectivity index (χ1) is 8.50. The minimum absolute atomic E-state index is 0.273. The van der Waals surface area contributed by atoms with E-state index in [9.17, 15) is 0 Å². The first-order valence-corrected chi connectivity index (χ1v) is 7.19. The highest BCUT2D eigenvalue weighted by Gasteiger charge is 2.19. The molecule has 2 N–H and O–H groups in total. The lowest BCUT2D eigenvalue weighted by Crippen LogP contribution is -2.20. The molecule has 2 aromatic rings. The summed E-state index contributed by atoms with van der Waals surface area (Å²) < 4.78 is 3.73. The normalized spacial score (nSPS) is 13.0. The lowest BCUT2D eigenvalue weighted by atomic mass is 10.1. The van der Waals surface area contributed by atoms with Crippen molar-refractivity contribution in [2.24, 2.45) is 5.73 Å². The second-order valence-electron chi connectivity index (χ2n) is 4.29. The average Bonchev–Trinajstić information content (AvgIpc) is 2.77. The van der Waals surface area contributed by atoms with Crippen LogP contribution >= 0.6 is 31.9 Å². The van der Waals surface area contributed by atoms with E-state index in [-0.39, 0.29) is 12.1 Å². The van der Waals surface area contributed by atoms with Crippen LogP contribution in [-0.2, 0) is 0 Å². The Morgan fingerprint density at radius 3 is 2.67 bits per heavy atom. The maximum atomic E-state index is 6.28. The summed E-state index contributed by atoms with van der Waals surface area (Å²) in [6.45, 7) is 4.15. The fourth-order valence-electron chi connectivity index (χ4n) is 1.80. The summed E-state index contributed by atoms with van der Waals surface area (Å²) in [7, 11) is 0. The number of hydrogen-bond acceptors (Lipinski definition) is 3. The van der Waals surface area contributed by atoms with Crippen LogP contribution < -0.4 is 5.73 Å². The minimum atomic E-state index is -0.294. The van der Waals surface area contributed by atoms with Gasteiger partial charge in [0.1, 0.15) is 0 Å². The first-order valence-electron chi connectivity index (χ1n) is 5.60. The smallest absolute Gasteiger partial charge is 0.0908 e. The largest absolute Gasteiger partial charge is 0.318 e. The van der Waals surface area contributed by atoms with Gasteiger partial charge < -0.3 is 5.73 Å². The van der Waals surface area contributed by atoms with E-state index in [2.05, 4.69) is 55.8 Å². The van der Waals surface area contributed by atoms with E-state index in [1.807, 2.05) is 16.8 Å². The van der Waals surface area contributed by atoms with Gasteiger partial charge in [-0.2, -0.15) is 5.10 Å². The predicted molar refractivity (Wildman–Crippen MR) is 78.3 cm³/mol. The maximum absolute atomic E-state index is 6.28. The van der Waals surface area contributed by atoms with Gasteiger partial charge in [-0.1, -0.05) is 0 Å². The predicted octanol–water partition coefficient (Wildman–Crippen LogP) is 3.43. The Morgan fingerprint density at radius 2 is 2.06 bits per heavy atom. The second-order valence-corrected chi connectivity index (χ2v) is 6.06. The van der Waals surface area contributed by atoms with Gasteiger partial charge >= 0.3 is 0 Å². The number of hydrogen-bond donors (Lipinski definition) is 1. The Hall–Kier alpha value is -0.720. The van der Waals surface area contributed by atoms with Crippen molar-refractivity contribution >= 4 is 31.9 Å². The van der Waals surface area contributed by atoms with Crippen LogP contribution in [0.1, 0.15) is 37.3 Å². The van der Waals surface area contributed by atoms with Crippen molar-refractivity contribution in [3.8, 4) is 0 Å². The van der Waals surface area contributed by atoms with Gasteiger partial charge in [-0.05, 0) is 57.8 Å². The number of aromatic nitrogens is 3. The molecule has 2 aromatic heterocycles. The summed E-state index contributed by atoms with van der Waals surface area (Å²) in [5.74, 6) is 0. The summed E-state index contributed by atoms with van der Waals surface area (Å²) in [6, 6.07) is 3.85. The van der Waals surface area contributed by atoms with E-state index in [0.717, 1.165) is 20.3 Å². The van der Waals surface area contributed by atoms with Crippen LogP contribution in [-0.4, -0.2) is 14.8 Å². The van der Waals surface area contributed by atoms with Crippen molar-refractivity contribution in [3.05, 3.63) is 44.9 Å². The SMILES string of the molecule is CC(C)n1nccc1C(N)c1ncc(Br)cc1Br. The summed E-state index contributed by atoms with van der Waals surface area (Å²) >= 11 is 6.87. The molecule has 0 bridgehead atoms. The molecule has 0 fully saturated rings. The molecule has 18 heavy (non-hydrogen) atoms. The van der Waals surface area contributed by atoms with Crippen molar-refractivity contribution in [1.29, 1.82) is 0 Å². The molecular weight excluding hydrogens is 360 g/mol. The molecule has 2 rings (SSSR count). The van der Waals surface area contributed by atoms with Crippen molar-refractivity contribution in [1.82, 2.24) is 14.8 Å². The van der Waals surface area contributed by atoms with Crippen molar-refractivity contribution in [2.45, 2.75) is 25.9 Å². The van der Waals surface area contributed by atoms with Crippen LogP contribution in [0.2, 0.25) is 0 Å². The summed E-state index contributed by atoms with van der Waals surface area (Å²) in [4.78, 5) is 4.37. The van der Waals surface area contributed by atoms with E-state index in [1.165, 1.54) is 0 Å². The Kier molecular flexibility index (Phi) is 4.19. The molecular formula is C12H14Br2N4. The van der Waals surface area contributed by atoms with Gasteiger partial charge in [-0.25, -0.2) is 0 Å². The molecule has 4 nitrogen and oxygen atoms in total. The monoisotopic (exact) mass is 372 g/mol. The fourth-order valence-corrected chi connectivity index (χ4v) is 3.03. The fraction of sp³-hybridized carbons (Fsp3) is 0.333. The van der Waals surface area contributed by atoms with Crippen LogP contribution in [0.15, 0.2) is 33.5 Å². The molecule has 0 radical (unpaired) electrons. The summed E-state index contributed by atoms with van der Waals surface area (Å²) in [5.41, 5.74) is 8.05. The number of halogens is 2. The third-order valence-corrected chi connectivity index (χ3v) is 3.71. The highest BCUT2D eigenvalue weighted by Crippen LogP contribution is 2.28. The molecule has 0 saturated heterocycles. The zero-order valence-corrected chi connectivity index (χ0v) is 13.3. The zero-order chi connectivity index (χ0) is 13.3. The maximum Gasteiger partial charge on any atom is 0.0908 e. The van der Waals surface area contributed by atoms with E-state index in [0.29, 0.717) is 0 Å². The Bertz CT molecular complexity index is 551. The highest BCUT2D eigenvalue weighted by atomic mass is 79.9. The zero-order valence-electron chi connectivity index (χ0n) is 10.1. The number of rotatable bonds is 3. The number of pyridine rings is 1. The van der Waals surface area contributed by atoms with Crippen LogP contribution in [0.3, 0.4) is 0 Å². The molecule has 6 heteroatoms. The van der Waals surface area contributed by atoms with E-state index in [4.69, 9.17) is 5.73 Å². The van der Waals surface area contributed by atoms with Gasteiger partial charge in [-0.15, -0.1) is 0 Å². The topological polar surface area (TPSA) is 56.7 Å².